The van der Waals surface area contributed by atoms with E-state index < -0.39 is 12.0 Å². The van der Waals surface area contributed by atoms with E-state index in [1.54, 1.807) is 0 Å². The number of carbonyl (C=O) groups is 3. The number of nitrogens with two attached hydrogens (primary N) is 1. The summed E-state index contributed by atoms with van der Waals surface area (Å²) < 4.78 is 0.543. The molecule has 4 heterocycles. The summed E-state index contributed by atoms with van der Waals surface area (Å²) in [5, 5.41) is 17.6. The lowest BCUT2D eigenvalue weighted by atomic mass is 9.80. The van der Waals surface area contributed by atoms with Gasteiger partial charge in [-0.05, 0) is 6.42 Å². The van der Waals surface area contributed by atoms with Gasteiger partial charge in [0.05, 0.1) is 6.04 Å². The molecule has 0 saturated carbocycles. The Bertz CT molecular complexity index is 806. The van der Waals surface area contributed by atoms with Crippen molar-refractivity contribution in [1.82, 2.24) is 20.0 Å². The summed E-state index contributed by atoms with van der Waals surface area (Å²) >= 11 is 2.37. The fraction of sp³-hybridized carbons (Fsp3) is 0.462. The Hall–Kier alpha value is -2.14. The van der Waals surface area contributed by atoms with E-state index in [0.717, 1.165) is 0 Å². The number of nitrogen functional groups attached to an aromatic ring is 1. The zero-order valence-electron chi connectivity index (χ0n) is 12.5. The monoisotopic (exact) mass is 367 g/mol. The fourth-order valence-corrected chi connectivity index (χ4v) is 5.68. The molecule has 0 aromatic carbocycles. The van der Waals surface area contributed by atoms with Crippen LogP contribution in [0.1, 0.15) is 13.3 Å². The summed E-state index contributed by atoms with van der Waals surface area (Å²) in [6.45, 7) is 1.87. The number of anilines is 1. The second-order valence-corrected chi connectivity index (χ2v) is 8.08. The number of hydrogen-bond acceptors (Lipinski definition) is 8. The van der Waals surface area contributed by atoms with E-state index in [9.17, 15) is 19.5 Å². The Morgan fingerprint density at radius 1 is 1.42 bits per heavy atom. The lowest BCUT2D eigenvalue weighted by Crippen LogP contribution is -2.73. The van der Waals surface area contributed by atoms with Gasteiger partial charge in [-0.1, -0.05) is 23.1 Å². The largest absolute Gasteiger partial charge is 0.477 e. The highest BCUT2D eigenvalue weighted by atomic mass is 32.2. The van der Waals surface area contributed by atoms with Crippen LogP contribution in [0, 0.1) is 5.92 Å². The molecule has 2 saturated heterocycles. The number of nitrogens with zero attached hydrogens (tertiary/aromatic N) is 4. The summed E-state index contributed by atoms with van der Waals surface area (Å²) in [5.74, 6) is -1.75. The van der Waals surface area contributed by atoms with Crippen LogP contribution in [0.2, 0.25) is 0 Å². The number of piperidine rings is 1. The maximum absolute atomic E-state index is 12.5. The number of hydrogen-bond donors (Lipinski definition) is 2. The Kier molecular flexibility index (Phi) is 3.32. The van der Waals surface area contributed by atoms with Crippen LogP contribution >= 0.6 is 23.1 Å². The van der Waals surface area contributed by atoms with Gasteiger partial charge >= 0.3 is 5.97 Å². The zero-order valence-corrected chi connectivity index (χ0v) is 14.1. The third-order valence-corrected chi connectivity index (χ3v) is 6.60. The molecule has 3 aliphatic rings. The summed E-state index contributed by atoms with van der Waals surface area (Å²) in [4.78, 5) is 39.4. The normalized spacial score (nSPS) is 28.0. The van der Waals surface area contributed by atoms with Crippen LogP contribution in [0.3, 0.4) is 0 Å². The van der Waals surface area contributed by atoms with Crippen LogP contribution in [0.15, 0.2) is 14.9 Å². The second-order valence-electron chi connectivity index (χ2n) is 5.78. The van der Waals surface area contributed by atoms with E-state index in [1.165, 1.54) is 39.8 Å². The average molecular weight is 367 g/mol. The number of carbonyl (C=O) groups excluding carboxylic acids is 2. The molecule has 3 atom stereocenters. The first kappa shape index (κ1) is 15.4. The number of amides is 2. The van der Waals surface area contributed by atoms with Crippen molar-refractivity contribution in [3.05, 3.63) is 10.6 Å². The highest BCUT2D eigenvalue weighted by Crippen LogP contribution is 2.53. The summed E-state index contributed by atoms with van der Waals surface area (Å²) in [6.07, 6.45) is 0.609. The molecule has 0 spiro atoms. The van der Waals surface area contributed by atoms with E-state index in [4.69, 9.17) is 5.73 Å². The van der Waals surface area contributed by atoms with Crippen molar-refractivity contribution in [2.24, 2.45) is 5.92 Å². The summed E-state index contributed by atoms with van der Waals surface area (Å²) in [7, 11) is 0. The van der Waals surface area contributed by atoms with Gasteiger partial charge in [0, 0.05) is 24.3 Å². The standard InChI is InChI=1S/C13H13N5O4S2/c1-4(19)17-3-2-5-6-7(17)10(20)18(6)8(11(21)22)9(5)23-13-16-15-12(14)24-13/h5-7H,2-3H2,1H3,(H2,14,15)(H,21,22)/t5?,6-,7+/m1/s1. The molecule has 3 N–H and O–H groups in total. The molecule has 1 unspecified atom stereocenters. The average Bonchev–Trinajstić information content (AvgIpc) is 3.07. The molecular weight excluding hydrogens is 354 g/mol. The predicted octanol–water partition coefficient (Wildman–Crippen LogP) is -0.0300. The van der Waals surface area contributed by atoms with Gasteiger partial charge in [-0.15, -0.1) is 10.2 Å². The fourth-order valence-electron chi connectivity index (χ4n) is 3.68. The topological polar surface area (TPSA) is 130 Å². The van der Waals surface area contributed by atoms with Crippen LogP contribution in [-0.2, 0) is 14.4 Å². The van der Waals surface area contributed by atoms with Crippen molar-refractivity contribution in [3.63, 3.8) is 0 Å². The van der Waals surface area contributed by atoms with Gasteiger partial charge in [0.2, 0.25) is 11.0 Å². The van der Waals surface area contributed by atoms with Crippen molar-refractivity contribution < 1.29 is 19.5 Å². The van der Waals surface area contributed by atoms with Crippen molar-refractivity contribution in [1.29, 1.82) is 0 Å². The van der Waals surface area contributed by atoms with E-state index in [1.807, 2.05) is 0 Å². The molecule has 126 valence electrons. The maximum Gasteiger partial charge on any atom is 0.353 e. The third kappa shape index (κ3) is 1.97. The first-order valence-electron chi connectivity index (χ1n) is 7.24. The number of likely N-dealkylation sites (tertiary alicyclic amines) is 1. The molecule has 11 heteroatoms. The van der Waals surface area contributed by atoms with Crippen LogP contribution in [0.4, 0.5) is 5.13 Å². The molecule has 0 aliphatic carbocycles. The third-order valence-electron chi connectivity index (χ3n) is 4.58. The van der Waals surface area contributed by atoms with Crippen LogP contribution in [0.5, 0.6) is 0 Å². The first-order valence-corrected chi connectivity index (χ1v) is 8.88. The molecule has 2 fully saturated rings. The SMILES string of the molecule is CC(=O)N1CCC2C(Sc3nnc(N)s3)=C(C(=O)O)N3C(=O)[C@@H]1[C@@H]23. The number of thioether (sulfide) groups is 1. The molecule has 24 heavy (non-hydrogen) atoms. The van der Waals surface area contributed by atoms with Gasteiger partial charge < -0.3 is 15.7 Å². The molecule has 3 aliphatic heterocycles. The molecule has 1 aromatic heterocycles. The molecule has 9 nitrogen and oxygen atoms in total. The van der Waals surface area contributed by atoms with Crippen LogP contribution in [0.25, 0.3) is 0 Å². The predicted molar refractivity (Wildman–Crippen MR) is 84.8 cm³/mol. The smallest absolute Gasteiger partial charge is 0.353 e. The molecule has 0 bridgehead atoms. The Morgan fingerprint density at radius 2 is 2.17 bits per heavy atom. The lowest BCUT2D eigenvalue weighted by molar-refractivity contribution is -0.168. The quantitative estimate of drug-likeness (QED) is 0.713. The number of carboxylic acid groups (broad SMARTS) is 1. The minimum Gasteiger partial charge on any atom is -0.477 e. The van der Waals surface area contributed by atoms with Crippen molar-refractivity contribution in [3.8, 4) is 0 Å². The highest BCUT2D eigenvalue weighted by molar-refractivity contribution is 8.04. The number of aromatic nitrogens is 2. The minimum atomic E-state index is -1.15. The van der Waals surface area contributed by atoms with Gasteiger partial charge in [0.1, 0.15) is 11.7 Å². The summed E-state index contributed by atoms with van der Waals surface area (Å²) in [5.41, 5.74) is 5.57. The number of rotatable bonds is 3. The Labute approximate surface area is 144 Å². The van der Waals surface area contributed by atoms with E-state index >= 15 is 0 Å². The van der Waals surface area contributed by atoms with Crippen LogP contribution < -0.4 is 5.73 Å². The Morgan fingerprint density at radius 3 is 2.75 bits per heavy atom. The van der Waals surface area contributed by atoms with E-state index in [0.29, 0.717) is 27.3 Å². The number of carboxylic acids is 1. The highest BCUT2D eigenvalue weighted by Gasteiger charge is 2.64. The molecule has 2 amide bonds. The van der Waals surface area contributed by atoms with Gasteiger partial charge in [-0.25, -0.2) is 4.79 Å². The van der Waals surface area contributed by atoms with Gasteiger partial charge in [-0.3, -0.25) is 14.5 Å². The molecule has 0 radical (unpaired) electrons. The lowest BCUT2D eigenvalue weighted by Gasteiger charge is -2.53. The number of aliphatic carboxylic acids is 1. The van der Waals surface area contributed by atoms with Gasteiger partial charge in [-0.2, -0.15) is 0 Å². The first-order chi connectivity index (χ1) is 11.4. The minimum absolute atomic E-state index is 0.00424. The molecule has 1 aromatic rings. The van der Waals surface area contributed by atoms with Crippen molar-refractivity contribution >= 4 is 46.0 Å². The molecule has 4 rings (SSSR count). The van der Waals surface area contributed by atoms with Crippen LogP contribution in [-0.4, -0.2) is 61.5 Å². The van der Waals surface area contributed by atoms with Crippen molar-refractivity contribution in [2.45, 2.75) is 29.8 Å². The summed E-state index contributed by atoms with van der Waals surface area (Å²) in [6, 6.07) is -0.859. The Balaban J connectivity index is 1.72. The van der Waals surface area contributed by atoms with E-state index in [-0.39, 0.29) is 29.5 Å². The number of β-lactam (4-membered cyclic amide) rings is 1. The second kappa shape index (κ2) is 5.18. The van der Waals surface area contributed by atoms with Crippen molar-refractivity contribution in [2.75, 3.05) is 12.3 Å². The maximum atomic E-state index is 12.5. The van der Waals surface area contributed by atoms with Gasteiger partial charge in [0.25, 0.3) is 5.91 Å². The van der Waals surface area contributed by atoms with E-state index in [2.05, 4.69) is 10.2 Å². The zero-order chi connectivity index (χ0) is 17.2. The molecular formula is C13H13N5O4S2. The van der Waals surface area contributed by atoms with Gasteiger partial charge in [0.15, 0.2) is 4.34 Å².